The minimum Gasteiger partial charge on any atom is -0.322 e. The molecule has 148 valence electrons. The van der Waals surface area contributed by atoms with Crippen LogP contribution in [0.1, 0.15) is 44.3 Å². The van der Waals surface area contributed by atoms with Gasteiger partial charge in [0.1, 0.15) is 0 Å². The maximum Gasteiger partial charge on any atom is 0.259 e. The Hall–Kier alpha value is -3.47. The van der Waals surface area contributed by atoms with Crippen LogP contribution in [0.3, 0.4) is 0 Å². The van der Waals surface area contributed by atoms with Gasteiger partial charge >= 0.3 is 0 Å². The Morgan fingerprint density at radius 2 is 1.69 bits per heavy atom. The van der Waals surface area contributed by atoms with Crippen LogP contribution in [0.15, 0.2) is 60.9 Å². The highest BCUT2D eigenvalue weighted by Gasteiger charge is 2.18. The average Bonchev–Trinajstić information content (AvgIpc) is 2.71. The monoisotopic (exact) mass is 387 g/mol. The van der Waals surface area contributed by atoms with E-state index in [1.807, 2.05) is 70.2 Å². The second-order valence-corrected chi connectivity index (χ2v) is 7.10. The van der Waals surface area contributed by atoms with E-state index in [1.54, 1.807) is 11.0 Å². The van der Waals surface area contributed by atoms with Crippen LogP contribution in [0.2, 0.25) is 0 Å². The van der Waals surface area contributed by atoms with Crippen molar-refractivity contribution in [3.8, 4) is 0 Å². The average molecular weight is 387 g/mol. The zero-order valence-electron chi connectivity index (χ0n) is 17.2. The summed E-state index contributed by atoms with van der Waals surface area (Å²) in [6.45, 7) is 8.44. The molecule has 0 bridgehead atoms. The maximum atomic E-state index is 13.1. The lowest BCUT2D eigenvalue weighted by atomic mass is 10.1. The zero-order chi connectivity index (χ0) is 21.0. The van der Waals surface area contributed by atoms with Crippen molar-refractivity contribution in [2.45, 2.75) is 27.7 Å². The Morgan fingerprint density at radius 1 is 0.931 bits per heavy atom. The van der Waals surface area contributed by atoms with Gasteiger partial charge in [-0.25, -0.2) is 0 Å². The van der Waals surface area contributed by atoms with Crippen molar-refractivity contribution in [1.29, 1.82) is 0 Å². The molecule has 0 aliphatic rings. The van der Waals surface area contributed by atoms with Crippen LogP contribution in [0.25, 0.3) is 0 Å². The first-order valence-corrected chi connectivity index (χ1v) is 9.61. The molecule has 1 N–H and O–H groups in total. The number of aromatic nitrogens is 1. The molecule has 2 aromatic carbocycles. The Balaban J connectivity index is 1.83. The van der Waals surface area contributed by atoms with Gasteiger partial charge < -0.3 is 10.2 Å². The van der Waals surface area contributed by atoms with E-state index in [0.717, 1.165) is 22.4 Å². The van der Waals surface area contributed by atoms with Crippen molar-refractivity contribution in [1.82, 2.24) is 4.98 Å². The predicted octanol–water partition coefficient (Wildman–Crippen LogP) is 4.93. The summed E-state index contributed by atoms with van der Waals surface area (Å²) in [5, 5.41) is 2.87. The largest absolute Gasteiger partial charge is 0.322 e. The van der Waals surface area contributed by atoms with Crippen LogP contribution in [-0.4, -0.2) is 23.3 Å². The number of amides is 2. The van der Waals surface area contributed by atoms with Gasteiger partial charge in [0, 0.05) is 30.3 Å². The van der Waals surface area contributed by atoms with Gasteiger partial charge in [-0.05, 0) is 74.7 Å². The Morgan fingerprint density at radius 3 is 2.38 bits per heavy atom. The Bertz CT molecular complexity index is 1060. The Labute approximate surface area is 171 Å². The van der Waals surface area contributed by atoms with Crippen LogP contribution in [0, 0.1) is 20.8 Å². The number of pyridine rings is 1. The number of carbonyl (C=O) groups excluding carboxylic acids is 2. The highest BCUT2D eigenvalue weighted by atomic mass is 16.2. The molecule has 3 aromatic rings. The van der Waals surface area contributed by atoms with Crippen LogP contribution in [-0.2, 0) is 0 Å². The maximum absolute atomic E-state index is 13.1. The fraction of sp³-hybridized carbons (Fsp3) is 0.208. The van der Waals surface area contributed by atoms with Gasteiger partial charge in [-0.2, -0.15) is 0 Å². The normalized spacial score (nSPS) is 10.5. The standard InChI is InChI=1S/C24H25N3O2/c1-5-27(22-8-6-7-16(2)11-22)24(29)20-13-19(14-25-15-20)23(28)26-21-10-9-17(3)18(4)12-21/h6-15H,5H2,1-4H3,(H,26,28). The highest BCUT2D eigenvalue weighted by molar-refractivity contribution is 6.09. The predicted molar refractivity (Wildman–Crippen MR) is 117 cm³/mol. The Kier molecular flexibility index (Phi) is 6.07. The zero-order valence-corrected chi connectivity index (χ0v) is 17.2. The lowest BCUT2D eigenvalue weighted by Gasteiger charge is -2.21. The third kappa shape index (κ3) is 4.69. The van der Waals surface area contributed by atoms with E-state index in [0.29, 0.717) is 23.4 Å². The molecule has 1 heterocycles. The molecule has 5 heteroatoms. The molecule has 0 unspecified atom stereocenters. The van der Waals surface area contributed by atoms with Crippen molar-refractivity contribution >= 4 is 23.2 Å². The third-order valence-corrected chi connectivity index (χ3v) is 4.89. The van der Waals surface area contributed by atoms with E-state index in [4.69, 9.17) is 0 Å². The van der Waals surface area contributed by atoms with Crippen molar-refractivity contribution in [2.24, 2.45) is 0 Å². The molecule has 2 amide bonds. The van der Waals surface area contributed by atoms with Crippen molar-refractivity contribution in [3.05, 3.63) is 88.7 Å². The molecule has 0 saturated carbocycles. The second kappa shape index (κ2) is 8.69. The molecule has 5 nitrogen and oxygen atoms in total. The molecular formula is C24H25N3O2. The van der Waals surface area contributed by atoms with Crippen LogP contribution >= 0.6 is 0 Å². The number of rotatable bonds is 5. The number of anilines is 2. The van der Waals surface area contributed by atoms with Gasteiger partial charge in [-0.1, -0.05) is 18.2 Å². The van der Waals surface area contributed by atoms with E-state index >= 15 is 0 Å². The second-order valence-electron chi connectivity index (χ2n) is 7.10. The summed E-state index contributed by atoms with van der Waals surface area (Å²) in [6.07, 6.45) is 2.96. The number of benzene rings is 2. The first-order chi connectivity index (χ1) is 13.9. The van der Waals surface area contributed by atoms with Gasteiger partial charge in [-0.15, -0.1) is 0 Å². The van der Waals surface area contributed by atoms with Gasteiger partial charge in [0.2, 0.25) is 0 Å². The summed E-state index contributed by atoms with van der Waals surface area (Å²) in [6, 6.07) is 15.1. The number of hydrogen-bond donors (Lipinski definition) is 1. The first kappa shape index (κ1) is 20.3. The quantitative estimate of drug-likeness (QED) is 0.675. The van der Waals surface area contributed by atoms with Crippen LogP contribution < -0.4 is 10.2 Å². The van der Waals surface area contributed by atoms with Gasteiger partial charge in [0.25, 0.3) is 11.8 Å². The van der Waals surface area contributed by atoms with Crippen LogP contribution in [0.5, 0.6) is 0 Å². The summed E-state index contributed by atoms with van der Waals surface area (Å²) in [4.78, 5) is 31.5. The topological polar surface area (TPSA) is 62.3 Å². The molecule has 0 radical (unpaired) electrons. The SMILES string of the molecule is CCN(C(=O)c1cncc(C(=O)Nc2ccc(C)c(C)c2)c1)c1cccc(C)c1. The molecule has 0 saturated heterocycles. The number of aryl methyl sites for hydroxylation is 3. The first-order valence-electron chi connectivity index (χ1n) is 9.61. The molecule has 1 aromatic heterocycles. The fourth-order valence-electron chi connectivity index (χ4n) is 3.10. The van der Waals surface area contributed by atoms with Gasteiger partial charge in [0.05, 0.1) is 11.1 Å². The molecule has 0 spiro atoms. The van der Waals surface area contributed by atoms with E-state index in [-0.39, 0.29) is 11.8 Å². The summed E-state index contributed by atoms with van der Waals surface area (Å²) in [5.41, 5.74) is 5.59. The minimum atomic E-state index is -0.297. The van der Waals surface area contributed by atoms with Crippen LogP contribution in [0.4, 0.5) is 11.4 Å². The summed E-state index contributed by atoms with van der Waals surface area (Å²) in [7, 11) is 0. The van der Waals surface area contributed by atoms with Crippen molar-refractivity contribution in [2.75, 3.05) is 16.8 Å². The van der Waals surface area contributed by atoms with Gasteiger partial charge in [0.15, 0.2) is 0 Å². The molecule has 0 atom stereocenters. The molecule has 3 rings (SSSR count). The van der Waals surface area contributed by atoms with Crippen molar-refractivity contribution < 1.29 is 9.59 Å². The molecule has 0 aliphatic heterocycles. The number of hydrogen-bond acceptors (Lipinski definition) is 3. The smallest absolute Gasteiger partial charge is 0.259 e. The highest BCUT2D eigenvalue weighted by Crippen LogP contribution is 2.19. The molecule has 29 heavy (non-hydrogen) atoms. The molecule has 0 aliphatic carbocycles. The minimum absolute atomic E-state index is 0.188. The lowest BCUT2D eigenvalue weighted by molar-refractivity contribution is 0.0988. The summed E-state index contributed by atoms with van der Waals surface area (Å²) < 4.78 is 0. The summed E-state index contributed by atoms with van der Waals surface area (Å²) >= 11 is 0. The molecular weight excluding hydrogens is 362 g/mol. The van der Waals surface area contributed by atoms with E-state index in [1.165, 1.54) is 12.4 Å². The number of nitrogens with zero attached hydrogens (tertiary/aromatic N) is 2. The van der Waals surface area contributed by atoms with E-state index in [9.17, 15) is 9.59 Å². The number of nitrogens with one attached hydrogen (secondary N) is 1. The fourth-order valence-corrected chi connectivity index (χ4v) is 3.10. The molecule has 0 fully saturated rings. The van der Waals surface area contributed by atoms with E-state index < -0.39 is 0 Å². The summed E-state index contributed by atoms with van der Waals surface area (Å²) in [5.74, 6) is -0.486. The van der Waals surface area contributed by atoms with E-state index in [2.05, 4.69) is 10.3 Å². The lowest BCUT2D eigenvalue weighted by Crippen LogP contribution is -2.31. The third-order valence-electron chi connectivity index (χ3n) is 4.89. The number of carbonyl (C=O) groups is 2. The van der Waals surface area contributed by atoms with Gasteiger partial charge in [-0.3, -0.25) is 14.6 Å². The van der Waals surface area contributed by atoms with Crippen molar-refractivity contribution in [3.63, 3.8) is 0 Å².